The van der Waals surface area contributed by atoms with Crippen LogP contribution in [0.15, 0.2) is 0 Å². The Morgan fingerprint density at radius 1 is 1.83 bits per heavy atom. The van der Waals surface area contributed by atoms with Gasteiger partial charge in [-0.05, 0) is 12.8 Å². The molecule has 0 amide bonds. The van der Waals surface area contributed by atoms with Gasteiger partial charge in [-0.15, -0.1) is 0 Å². The van der Waals surface area contributed by atoms with Crippen LogP contribution in [-0.4, -0.2) is 37.1 Å². The van der Waals surface area contributed by atoms with E-state index in [1.807, 2.05) is 11.0 Å². The lowest BCUT2D eigenvalue weighted by Crippen LogP contribution is -2.36. The summed E-state index contributed by atoms with van der Waals surface area (Å²) < 4.78 is 4.62. The van der Waals surface area contributed by atoms with E-state index in [9.17, 15) is 4.79 Å². The molecule has 1 unspecified atom stereocenters. The lowest BCUT2D eigenvalue weighted by Gasteiger charge is -2.18. The maximum atomic E-state index is 11.1. The largest absolute Gasteiger partial charge is 0.468 e. The maximum Gasteiger partial charge on any atom is 0.323 e. The molecular weight excluding hydrogens is 156 g/mol. The molecule has 4 heteroatoms. The van der Waals surface area contributed by atoms with Gasteiger partial charge in [0, 0.05) is 6.54 Å². The minimum atomic E-state index is -0.220. The Hall–Kier alpha value is -1.08. The van der Waals surface area contributed by atoms with Gasteiger partial charge >= 0.3 is 5.97 Å². The number of methoxy groups -OCH3 is 1. The minimum Gasteiger partial charge on any atom is -0.468 e. The molecule has 1 aliphatic rings. The van der Waals surface area contributed by atoms with Gasteiger partial charge in [0.05, 0.1) is 19.7 Å². The summed E-state index contributed by atoms with van der Waals surface area (Å²) in [5.41, 5.74) is 0. The number of nitrogens with zero attached hydrogens (tertiary/aromatic N) is 2. The summed E-state index contributed by atoms with van der Waals surface area (Å²) >= 11 is 0. The van der Waals surface area contributed by atoms with E-state index in [0.29, 0.717) is 6.54 Å². The van der Waals surface area contributed by atoms with Gasteiger partial charge in [-0.3, -0.25) is 9.69 Å². The minimum absolute atomic E-state index is 0.186. The third-order valence-corrected chi connectivity index (χ3v) is 2.11. The van der Waals surface area contributed by atoms with Gasteiger partial charge in [0.15, 0.2) is 0 Å². The molecule has 0 aliphatic carbocycles. The van der Waals surface area contributed by atoms with Crippen LogP contribution in [0.1, 0.15) is 12.8 Å². The Morgan fingerprint density at radius 2 is 2.58 bits per heavy atom. The van der Waals surface area contributed by atoms with Gasteiger partial charge in [-0.25, -0.2) is 0 Å². The third-order valence-electron chi connectivity index (χ3n) is 2.11. The SMILES string of the molecule is COC(=O)C1CCCN1CC#N. The van der Waals surface area contributed by atoms with Crippen molar-refractivity contribution < 1.29 is 9.53 Å². The molecule has 0 aromatic heterocycles. The summed E-state index contributed by atoms with van der Waals surface area (Å²) in [7, 11) is 1.38. The van der Waals surface area contributed by atoms with E-state index in [1.165, 1.54) is 7.11 Å². The zero-order chi connectivity index (χ0) is 8.97. The fourth-order valence-corrected chi connectivity index (χ4v) is 1.51. The topological polar surface area (TPSA) is 53.3 Å². The van der Waals surface area contributed by atoms with Gasteiger partial charge in [0.25, 0.3) is 0 Å². The van der Waals surface area contributed by atoms with Crippen LogP contribution >= 0.6 is 0 Å². The van der Waals surface area contributed by atoms with Crippen molar-refractivity contribution in [3.8, 4) is 6.07 Å². The average Bonchev–Trinajstić information content (AvgIpc) is 2.52. The number of rotatable bonds is 2. The van der Waals surface area contributed by atoms with Gasteiger partial charge < -0.3 is 4.74 Å². The van der Waals surface area contributed by atoms with Crippen LogP contribution in [0.3, 0.4) is 0 Å². The Morgan fingerprint density at radius 3 is 3.17 bits per heavy atom. The molecule has 12 heavy (non-hydrogen) atoms. The fourth-order valence-electron chi connectivity index (χ4n) is 1.51. The smallest absolute Gasteiger partial charge is 0.323 e. The molecule has 0 aromatic rings. The Balaban J connectivity index is 2.52. The number of hydrogen-bond acceptors (Lipinski definition) is 4. The van der Waals surface area contributed by atoms with Gasteiger partial charge in [-0.2, -0.15) is 5.26 Å². The molecule has 0 aromatic carbocycles. The van der Waals surface area contributed by atoms with Crippen LogP contribution in [0, 0.1) is 11.3 Å². The maximum absolute atomic E-state index is 11.1. The number of esters is 1. The molecule has 0 radical (unpaired) electrons. The summed E-state index contributed by atoms with van der Waals surface area (Å²) in [5.74, 6) is -0.220. The number of nitriles is 1. The molecule has 0 saturated carbocycles. The molecule has 0 N–H and O–H groups in total. The lowest BCUT2D eigenvalue weighted by atomic mass is 10.2. The van der Waals surface area contributed by atoms with E-state index >= 15 is 0 Å². The second kappa shape index (κ2) is 4.07. The van der Waals surface area contributed by atoms with E-state index < -0.39 is 0 Å². The number of ether oxygens (including phenoxy) is 1. The average molecular weight is 168 g/mol. The van der Waals surface area contributed by atoms with Crippen molar-refractivity contribution in [2.75, 3.05) is 20.2 Å². The van der Waals surface area contributed by atoms with Crippen molar-refractivity contribution in [3.05, 3.63) is 0 Å². The van der Waals surface area contributed by atoms with Crippen molar-refractivity contribution in [1.82, 2.24) is 4.90 Å². The Labute approximate surface area is 71.7 Å². The molecule has 66 valence electrons. The van der Waals surface area contributed by atoms with Gasteiger partial charge in [0.2, 0.25) is 0 Å². The fraction of sp³-hybridized carbons (Fsp3) is 0.750. The van der Waals surface area contributed by atoms with E-state index in [-0.39, 0.29) is 12.0 Å². The number of likely N-dealkylation sites (tertiary alicyclic amines) is 1. The zero-order valence-corrected chi connectivity index (χ0v) is 7.12. The lowest BCUT2D eigenvalue weighted by molar-refractivity contribution is -0.145. The molecule has 1 fully saturated rings. The van der Waals surface area contributed by atoms with E-state index in [4.69, 9.17) is 5.26 Å². The first-order valence-corrected chi connectivity index (χ1v) is 3.98. The van der Waals surface area contributed by atoms with Crippen molar-refractivity contribution >= 4 is 5.97 Å². The highest BCUT2D eigenvalue weighted by Crippen LogP contribution is 2.17. The molecule has 1 rings (SSSR count). The highest BCUT2D eigenvalue weighted by molar-refractivity contribution is 5.76. The quantitative estimate of drug-likeness (QED) is 0.435. The summed E-state index contributed by atoms with van der Waals surface area (Å²) in [4.78, 5) is 13.0. The summed E-state index contributed by atoms with van der Waals surface area (Å²) in [6.07, 6.45) is 1.79. The second-order valence-electron chi connectivity index (χ2n) is 2.81. The second-order valence-corrected chi connectivity index (χ2v) is 2.81. The van der Waals surface area contributed by atoms with Crippen LogP contribution < -0.4 is 0 Å². The van der Waals surface area contributed by atoms with Gasteiger partial charge in [-0.1, -0.05) is 0 Å². The number of hydrogen-bond donors (Lipinski definition) is 0. The van der Waals surface area contributed by atoms with Gasteiger partial charge in [0.1, 0.15) is 6.04 Å². The summed E-state index contributed by atoms with van der Waals surface area (Å²) in [6, 6.07) is 1.85. The van der Waals surface area contributed by atoms with Crippen molar-refractivity contribution in [2.45, 2.75) is 18.9 Å². The molecule has 4 nitrogen and oxygen atoms in total. The predicted octanol–water partition coefficient (Wildman–Crippen LogP) is 0.147. The molecule has 0 bridgehead atoms. The van der Waals surface area contributed by atoms with Crippen LogP contribution in [0.2, 0.25) is 0 Å². The summed E-state index contributed by atoms with van der Waals surface area (Å²) in [6.45, 7) is 1.15. The molecule has 1 aliphatic heterocycles. The Bertz CT molecular complexity index is 210. The van der Waals surface area contributed by atoms with Crippen molar-refractivity contribution in [2.24, 2.45) is 0 Å². The van der Waals surface area contributed by atoms with Crippen LogP contribution in [0.25, 0.3) is 0 Å². The standard InChI is InChI=1S/C8H12N2O2/c1-12-8(11)7-3-2-5-10(7)6-4-9/h7H,2-3,5-6H2,1H3. The highest BCUT2D eigenvalue weighted by atomic mass is 16.5. The normalized spacial score (nSPS) is 23.5. The predicted molar refractivity (Wildman–Crippen MR) is 42.2 cm³/mol. The van der Waals surface area contributed by atoms with Crippen LogP contribution in [0.4, 0.5) is 0 Å². The molecule has 1 saturated heterocycles. The molecular formula is C8H12N2O2. The molecule has 0 spiro atoms. The van der Waals surface area contributed by atoms with Crippen LogP contribution in [-0.2, 0) is 9.53 Å². The molecule has 1 heterocycles. The number of carbonyl (C=O) groups is 1. The first-order chi connectivity index (χ1) is 5.79. The molecule has 1 atom stereocenters. The first-order valence-electron chi connectivity index (χ1n) is 3.98. The van der Waals surface area contributed by atoms with E-state index in [2.05, 4.69) is 4.74 Å². The van der Waals surface area contributed by atoms with E-state index in [0.717, 1.165) is 19.4 Å². The first kappa shape index (κ1) is 9.01. The van der Waals surface area contributed by atoms with E-state index in [1.54, 1.807) is 0 Å². The van der Waals surface area contributed by atoms with Crippen molar-refractivity contribution in [1.29, 1.82) is 5.26 Å². The Kier molecular flexibility index (Phi) is 3.06. The van der Waals surface area contributed by atoms with Crippen LogP contribution in [0.5, 0.6) is 0 Å². The van der Waals surface area contributed by atoms with Crippen molar-refractivity contribution in [3.63, 3.8) is 0 Å². The third kappa shape index (κ3) is 1.74. The highest BCUT2D eigenvalue weighted by Gasteiger charge is 2.30. The summed E-state index contributed by atoms with van der Waals surface area (Å²) in [5, 5.41) is 8.46. The monoisotopic (exact) mass is 168 g/mol. The number of carbonyl (C=O) groups excluding carboxylic acids is 1. The zero-order valence-electron chi connectivity index (χ0n) is 7.12.